The molecule has 3 aromatic heterocycles. The van der Waals surface area contributed by atoms with Gasteiger partial charge < -0.3 is 29.5 Å². The first-order valence-corrected chi connectivity index (χ1v) is 18.4. The van der Waals surface area contributed by atoms with Crippen molar-refractivity contribution >= 4 is 45.3 Å². The third kappa shape index (κ3) is 4.83. The molecule has 0 spiro atoms. The second-order valence-electron chi connectivity index (χ2n) is 15.6. The molecule has 13 nitrogen and oxygen atoms in total. The lowest BCUT2D eigenvalue weighted by atomic mass is 9.36. The van der Waals surface area contributed by atoms with Gasteiger partial charge in [0.05, 0.1) is 30.5 Å². The van der Waals surface area contributed by atoms with Gasteiger partial charge >= 0.3 is 0 Å². The third-order valence-electron chi connectivity index (χ3n) is 12.5. The summed E-state index contributed by atoms with van der Waals surface area (Å²) in [6.07, 6.45) is 9.29. The molecule has 5 fully saturated rings. The summed E-state index contributed by atoms with van der Waals surface area (Å²) in [5.41, 5.74) is 3.42. The molecule has 2 N–H and O–H groups in total. The lowest BCUT2D eigenvalue weighted by molar-refractivity contribution is -0.187. The number of hydrogen-bond acceptors (Lipinski definition) is 9. The number of piperazine rings is 1. The molecule has 1 aromatic carbocycles. The number of fused-ring (bicyclic) bond motifs is 3. The molecule has 6 aliphatic rings. The number of ether oxygens (including phenoxy) is 1. The van der Waals surface area contributed by atoms with E-state index in [0.717, 1.165) is 48.9 Å². The number of benzene rings is 1. The van der Waals surface area contributed by atoms with Crippen molar-refractivity contribution in [3.63, 3.8) is 0 Å². The highest BCUT2D eigenvalue weighted by Gasteiger charge is 2.69. The second kappa shape index (κ2) is 11.6. The van der Waals surface area contributed by atoms with Crippen LogP contribution in [0.5, 0.6) is 5.75 Å². The van der Waals surface area contributed by atoms with E-state index in [1.165, 1.54) is 4.80 Å². The maximum absolute atomic E-state index is 14.6. The number of amides is 2. The summed E-state index contributed by atoms with van der Waals surface area (Å²) in [7, 11) is 0. The predicted molar refractivity (Wildman–Crippen MR) is 191 cm³/mol. The van der Waals surface area contributed by atoms with E-state index in [9.17, 15) is 19.5 Å². The third-order valence-corrected chi connectivity index (χ3v) is 12.5. The molecule has 4 saturated carbocycles. The quantitative estimate of drug-likeness (QED) is 0.281. The number of pyridine rings is 2. The lowest BCUT2D eigenvalue weighted by Crippen LogP contribution is -2.76. The summed E-state index contributed by atoms with van der Waals surface area (Å²) in [5, 5.41) is 24.8. The van der Waals surface area contributed by atoms with Gasteiger partial charge in [-0.2, -0.15) is 4.80 Å². The molecule has 5 heterocycles. The van der Waals surface area contributed by atoms with Crippen LogP contribution in [0.2, 0.25) is 0 Å². The highest BCUT2D eigenvalue weighted by molar-refractivity contribution is 6.02. The SMILES string of the molecule is CCc1c(N2CCN(C(=O)c3ccc4cccnc4c3O)[C@H]3CC[C@@H]32)c(=O)c2nn(C3=CCOCC3)nc2n1CC(=O)NC12CC(C(C)C)(C1)C2. The highest BCUT2D eigenvalue weighted by atomic mass is 16.5. The second-order valence-corrected chi connectivity index (χ2v) is 15.6. The molecule has 10 rings (SSSR count). The molecule has 1 saturated heterocycles. The van der Waals surface area contributed by atoms with E-state index in [2.05, 4.69) is 29.0 Å². The van der Waals surface area contributed by atoms with Gasteiger partial charge in [-0.05, 0) is 68.1 Å². The van der Waals surface area contributed by atoms with Crippen LogP contribution in [0.3, 0.4) is 0 Å². The summed E-state index contributed by atoms with van der Waals surface area (Å²) in [6, 6.07) is 6.90. The fraction of sp³-hybridized carbons (Fsp3) is 0.526. The molecule has 0 unspecified atom stereocenters. The van der Waals surface area contributed by atoms with Crippen LogP contribution < -0.4 is 15.6 Å². The minimum absolute atomic E-state index is 0.0338. The van der Waals surface area contributed by atoms with Crippen molar-refractivity contribution in [3.8, 4) is 5.75 Å². The van der Waals surface area contributed by atoms with Gasteiger partial charge in [-0.3, -0.25) is 19.4 Å². The summed E-state index contributed by atoms with van der Waals surface area (Å²) >= 11 is 0. The summed E-state index contributed by atoms with van der Waals surface area (Å²) in [4.78, 5) is 52.2. The van der Waals surface area contributed by atoms with Crippen LogP contribution in [0.25, 0.3) is 27.8 Å². The first-order valence-electron chi connectivity index (χ1n) is 18.4. The average Bonchev–Trinajstić information content (AvgIpc) is 3.53. The van der Waals surface area contributed by atoms with Crippen LogP contribution in [0.4, 0.5) is 5.69 Å². The van der Waals surface area contributed by atoms with E-state index in [4.69, 9.17) is 14.9 Å². The van der Waals surface area contributed by atoms with Crippen molar-refractivity contribution in [2.45, 2.75) is 89.9 Å². The number of carbonyl (C=O) groups is 2. The number of phenols is 1. The molecule has 0 radical (unpaired) electrons. The van der Waals surface area contributed by atoms with E-state index >= 15 is 0 Å². The van der Waals surface area contributed by atoms with E-state index in [1.54, 1.807) is 18.3 Å². The lowest BCUT2D eigenvalue weighted by Gasteiger charge is -2.72. The average molecular weight is 693 g/mol. The standard InChI is InChI=1S/C38H44N8O5/c1-4-26-32(43-14-15-44(28-10-9-27(28)43)36(50)25-8-7-23-6-5-13-39-30(23)33(25)48)34(49)31-35(42-46(41-31)24-11-16-51-17-12-24)45(26)18-29(47)40-38-19-37(20-38,21-38)22(2)3/h5-8,11,13,22,27-28,48H,4,9-10,12,14-21H2,1-3H3,(H,40,47)/t27-,28-,37?,38?/m0/s1. The zero-order valence-corrected chi connectivity index (χ0v) is 29.4. The molecule has 2 bridgehead atoms. The van der Waals surface area contributed by atoms with Crippen LogP contribution >= 0.6 is 0 Å². The molecule has 4 aromatic rings. The number of carbonyl (C=O) groups excluding carboxylic acids is 2. The van der Waals surface area contributed by atoms with Gasteiger partial charge in [0.25, 0.3) is 5.91 Å². The Morgan fingerprint density at radius 1 is 1.08 bits per heavy atom. The fourth-order valence-corrected chi connectivity index (χ4v) is 9.59. The highest BCUT2D eigenvalue weighted by Crippen LogP contribution is 2.70. The Bertz CT molecular complexity index is 2180. The van der Waals surface area contributed by atoms with Crippen LogP contribution in [-0.2, 0) is 22.5 Å². The number of nitrogens with one attached hydrogen (secondary N) is 1. The van der Waals surface area contributed by atoms with Gasteiger partial charge in [0.1, 0.15) is 17.7 Å². The number of hydrogen-bond donors (Lipinski definition) is 2. The van der Waals surface area contributed by atoms with E-state index in [0.29, 0.717) is 67.3 Å². The van der Waals surface area contributed by atoms with Crippen molar-refractivity contribution in [1.29, 1.82) is 0 Å². The first-order chi connectivity index (χ1) is 24.6. The number of aromatic hydroxyl groups is 1. The van der Waals surface area contributed by atoms with Gasteiger partial charge in [0, 0.05) is 48.4 Å². The van der Waals surface area contributed by atoms with E-state index in [-0.39, 0.29) is 58.2 Å². The maximum Gasteiger partial charge on any atom is 0.258 e. The molecule has 51 heavy (non-hydrogen) atoms. The minimum atomic E-state index is -0.241. The van der Waals surface area contributed by atoms with Gasteiger partial charge in [0.15, 0.2) is 16.9 Å². The number of phenolic OH excluding ortho intramolecular Hbond substituents is 1. The molecule has 4 aliphatic carbocycles. The fourth-order valence-electron chi connectivity index (χ4n) is 9.59. The number of nitrogens with zero attached hydrogens (tertiary/aromatic N) is 7. The molecule has 13 heteroatoms. The number of anilines is 1. The molecule has 2 atom stereocenters. The number of rotatable bonds is 8. The normalized spacial score (nSPS) is 26.7. The molecule has 266 valence electrons. The van der Waals surface area contributed by atoms with Gasteiger partial charge in [-0.25, -0.2) is 0 Å². The summed E-state index contributed by atoms with van der Waals surface area (Å²) in [6.45, 7) is 8.37. The topological polar surface area (TPSA) is 148 Å². The Kier molecular flexibility index (Phi) is 7.33. The predicted octanol–water partition coefficient (Wildman–Crippen LogP) is 3.86. The zero-order chi connectivity index (χ0) is 35.2. The smallest absolute Gasteiger partial charge is 0.258 e. The maximum atomic E-state index is 14.6. The van der Waals surface area contributed by atoms with Crippen molar-refractivity contribution in [2.75, 3.05) is 31.2 Å². The largest absolute Gasteiger partial charge is 0.505 e. The van der Waals surface area contributed by atoms with Crippen molar-refractivity contribution in [1.82, 2.24) is 34.8 Å². The Morgan fingerprint density at radius 2 is 1.88 bits per heavy atom. The van der Waals surface area contributed by atoms with Crippen molar-refractivity contribution < 1.29 is 19.4 Å². The van der Waals surface area contributed by atoms with Gasteiger partial charge in [0.2, 0.25) is 11.3 Å². The van der Waals surface area contributed by atoms with Crippen LogP contribution in [-0.4, -0.2) is 90.3 Å². The van der Waals surface area contributed by atoms with Crippen molar-refractivity contribution in [3.05, 3.63) is 58.0 Å². The van der Waals surface area contributed by atoms with Gasteiger partial charge in [-0.15, -0.1) is 10.2 Å². The first kappa shape index (κ1) is 32.1. The van der Waals surface area contributed by atoms with Crippen LogP contribution in [0.1, 0.15) is 75.3 Å². The zero-order valence-electron chi connectivity index (χ0n) is 29.4. The number of aromatic nitrogens is 5. The molecule has 2 amide bonds. The Morgan fingerprint density at radius 3 is 2.59 bits per heavy atom. The van der Waals surface area contributed by atoms with Crippen LogP contribution in [0, 0.1) is 11.3 Å². The van der Waals surface area contributed by atoms with Crippen LogP contribution in [0.15, 0.2) is 41.3 Å². The monoisotopic (exact) mass is 692 g/mol. The Balaban J connectivity index is 1.06. The van der Waals surface area contributed by atoms with E-state index in [1.807, 2.05) is 34.6 Å². The summed E-state index contributed by atoms with van der Waals surface area (Å²) < 4.78 is 7.41. The Hall–Kier alpha value is -4.78. The minimum Gasteiger partial charge on any atom is -0.505 e. The summed E-state index contributed by atoms with van der Waals surface area (Å²) in [5.74, 6) is 0.159. The van der Waals surface area contributed by atoms with Gasteiger partial charge in [-0.1, -0.05) is 32.9 Å². The van der Waals surface area contributed by atoms with Crippen molar-refractivity contribution in [2.24, 2.45) is 11.3 Å². The molecule has 2 aliphatic heterocycles. The molecular weight excluding hydrogens is 648 g/mol. The molecular formula is C38H44N8O5. The van der Waals surface area contributed by atoms with E-state index < -0.39 is 0 Å². The Labute approximate surface area is 295 Å².